The summed E-state index contributed by atoms with van der Waals surface area (Å²) >= 11 is 0. The van der Waals surface area contributed by atoms with Crippen molar-refractivity contribution < 1.29 is 9.13 Å². The summed E-state index contributed by atoms with van der Waals surface area (Å²) in [4.78, 5) is 9.16. The Balaban J connectivity index is 1.87. The zero-order chi connectivity index (χ0) is 17.1. The lowest BCUT2D eigenvalue weighted by Gasteiger charge is -2.19. The van der Waals surface area contributed by atoms with Crippen molar-refractivity contribution >= 4 is 5.82 Å². The van der Waals surface area contributed by atoms with Crippen molar-refractivity contribution in [1.82, 2.24) is 15.3 Å². The third-order valence-corrected chi connectivity index (χ3v) is 4.32. The molecule has 0 bridgehead atoms. The van der Waals surface area contributed by atoms with Crippen LogP contribution in [0.2, 0.25) is 0 Å². The van der Waals surface area contributed by atoms with Crippen LogP contribution >= 0.6 is 0 Å². The second-order valence-corrected chi connectivity index (χ2v) is 6.05. The van der Waals surface area contributed by atoms with E-state index in [0.29, 0.717) is 0 Å². The fourth-order valence-corrected chi connectivity index (χ4v) is 3.03. The largest absolute Gasteiger partial charge is 0.494 e. The minimum atomic E-state index is -0.356. The van der Waals surface area contributed by atoms with Gasteiger partial charge in [0.2, 0.25) is 0 Å². The Kier molecular flexibility index (Phi) is 4.94. The number of ether oxygens (including phenoxy) is 1. The van der Waals surface area contributed by atoms with E-state index in [2.05, 4.69) is 20.6 Å². The van der Waals surface area contributed by atoms with Gasteiger partial charge in [0, 0.05) is 18.5 Å². The molecule has 0 fully saturated rings. The van der Waals surface area contributed by atoms with Crippen molar-refractivity contribution in [2.24, 2.45) is 0 Å². The number of aryl methyl sites for hydroxylation is 1. The van der Waals surface area contributed by atoms with Crippen molar-refractivity contribution in [3.05, 3.63) is 46.7 Å². The normalized spacial score (nSPS) is 15.3. The van der Waals surface area contributed by atoms with E-state index in [9.17, 15) is 4.39 Å². The van der Waals surface area contributed by atoms with Crippen LogP contribution in [0.5, 0.6) is 5.75 Å². The maximum atomic E-state index is 14.0. The van der Waals surface area contributed by atoms with Gasteiger partial charge in [-0.15, -0.1) is 0 Å². The van der Waals surface area contributed by atoms with E-state index < -0.39 is 0 Å². The molecule has 5 nitrogen and oxygen atoms in total. The van der Waals surface area contributed by atoms with Crippen molar-refractivity contribution in [3.8, 4) is 5.75 Å². The lowest BCUT2D eigenvalue weighted by Crippen LogP contribution is -2.16. The number of nitrogens with zero attached hydrogens (tertiary/aromatic N) is 2. The van der Waals surface area contributed by atoms with E-state index in [-0.39, 0.29) is 17.6 Å². The monoisotopic (exact) mass is 330 g/mol. The Hall–Kier alpha value is -2.21. The molecule has 0 saturated heterocycles. The Morgan fingerprint density at radius 3 is 2.79 bits per heavy atom. The van der Waals surface area contributed by atoms with Gasteiger partial charge in [0.05, 0.1) is 18.8 Å². The molecule has 1 aliphatic heterocycles. The van der Waals surface area contributed by atoms with Crippen LogP contribution in [0.15, 0.2) is 18.2 Å². The van der Waals surface area contributed by atoms with Crippen LogP contribution in [0.4, 0.5) is 10.2 Å². The summed E-state index contributed by atoms with van der Waals surface area (Å²) in [6.45, 7) is 5.75. The minimum Gasteiger partial charge on any atom is -0.494 e. The Labute approximate surface area is 141 Å². The highest BCUT2D eigenvalue weighted by Gasteiger charge is 2.18. The van der Waals surface area contributed by atoms with Crippen LogP contribution in [0.25, 0.3) is 0 Å². The molecule has 0 radical (unpaired) electrons. The molecule has 3 rings (SSSR count). The van der Waals surface area contributed by atoms with Crippen molar-refractivity contribution in [2.75, 3.05) is 25.5 Å². The van der Waals surface area contributed by atoms with E-state index in [0.717, 1.165) is 54.4 Å². The maximum Gasteiger partial charge on any atom is 0.165 e. The molecule has 128 valence electrons. The number of benzene rings is 1. The summed E-state index contributed by atoms with van der Waals surface area (Å²) in [5, 5.41) is 6.82. The van der Waals surface area contributed by atoms with Gasteiger partial charge in [-0.2, -0.15) is 0 Å². The smallest absolute Gasteiger partial charge is 0.165 e. The summed E-state index contributed by atoms with van der Waals surface area (Å²) < 4.78 is 18.9. The molecule has 1 atom stereocenters. The molecule has 24 heavy (non-hydrogen) atoms. The zero-order valence-corrected chi connectivity index (χ0v) is 14.3. The van der Waals surface area contributed by atoms with Crippen molar-refractivity contribution in [1.29, 1.82) is 0 Å². The van der Waals surface area contributed by atoms with E-state index >= 15 is 0 Å². The van der Waals surface area contributed by atoms with Gasteiger partial charge in [0.1, 0.15) is 11.6 Å². The molecule has 0 amide bonds. The van der Waals surface area contributed by atoms with Crippen molar-refractivity contribution in [2.45, 2.75) is 32.7 Å². The first kappa shape index (κ1) is 16.6. The van der Waals surface area contributed by atoms with Crippen LogP contribution in [0, 0.1) is 12.7 Å². The Bertz CT molecular complexity index is 735. The third-order valence-electron chi connectivity index (χ3n) is 4.32. The van der Waals surface area contributed by atoms with Gasteiger partial charge in [-0.05, 0) is 44.5 Å². The third kappa shape index (κ3) is 3.48. The number of anilines is 1. The standard InChI is InChI=1S/C18H23FN4O/c1-11(13-4-5-17(24-3)15(19)10-13)21-18-14-6-8-20-9-7-16(14)22-12(2)23-18/h4-5,10-11,20H,6-9H2,1-3H3,(H,21,22,23)/t11-/m0/s1. The number of halogens is 1. The number of methoxy groups -OCH3 is 1. The van der Waals surface area contributed by atoms with Gasteiger partial charge in [-0.3, -0.25) is 0 Å². The molecule has 2 heterocycles. The highest BCUT2D eigenvalue weighted by atomic mass is 19.1. The fraction of sp³-hybridized carbons (Fsp3) is 0.444. The topological polar surface area (TPSA) is 59.1 Å². The van der Waals surface area contributed by atoms with Gasteiger partial charge in [-0.1, -0.05) is 6.07 Å². The molecule has 0 aliphatic carbocycles. The second kappa shape index (κ2) is 7.13. The van der Waals surface area contributed by atoms with Crippen molar-refractivity contribution in [3.63, 3.8) is 0 Å². The second-order valence-electron chi connectivity index (χ2n) is 6.05. The summed E-state index contributed by atoms with van der Waals surface area (Å²) in [6, 6.07) is 4.96. The first-order chi connectivity index (χ1) is 11.6. The molecule has 6 heteroatoms. The lowest BCUT2D eigenvalue weighted by molar-refractivity contribution is 0.386. The summed E-state index contributed by atoms with van der Waals surface area (Å²) in [6.07, 6.45) is 1.79. The quantitative estimate of drug-likeness (QED) is 0.903. The number of rotatable bonds is 4. The molecular formula is C18H23FN4O. The summed E-state index contributed by atoms with van der Waals surface area (Å²) in [7, 11) is 1.47. The number of hydrogen-bond donors (Lipinski definition) is 2. The highest BCUT2D eigenvalue weighted by Crippen LogP contribution is 2.27. The van der Waals surface area contributed by atoms with Crippen LogP contribution in [-0.2, 0) is 12.8 Å². The Morgan fingerprint density at radius 2 is 2.04 bits per heavy atom. The molecule has 1 aromatic heterocycles. The van der Waals surface area contributed by atoms with E-state index in [1.807, 2.05) is 19.9 Å². The van der Waals surface area contributed by atoms with Crippen LogP contribution < -0.4 is 15.4 Å². The maximum absolute atomic E-state index is 14.0. The number of aromatic nitrogens is 2. The number of hydrogen-bond acceptors (Lipinski definition) is 5. The lowest BCUT2D eigenvalue weighted by atomic mass is 10.1. The SMILES string of the molecule is COc1ccc([C@H](C)Nc2nc(C)nc3c2CCNCC3)cc1F. The average Bonchev–Trinajstić information content (AvgIpc) is 2.80. The van der Waals surface area contributed by atoms with Gasteiger partial charge in [0.15, 0.2) is 11.6 Å². The summed E-state index contributed by atoms with van der Waals surface area (Å²) in [5.74, 6) is 1.51. The number of nitrogens with one attached hydrogen (secondary N) is 2. The van der Waals surface area contributed by atoms with E-state index in [1.165, 1.54) is 13.2 Å². The van der Waals surface area contributed by atoms with E-state index in [1.54, 1.807) is 6.07 Å². The molecule has 0 spiro atoms. The van der Waals surface area contributed by atoms with Gasteiger partial charge < -0.3 is 15.4 Å². The molecule has 1 aromatic carbocycles. The highest BCUT2D eigenvalue weighted by molar-refractivity contribution is 5.49. The first-order valence-corrected chi connectivity index (χ1v) is 8.25. The first-order valence-electron chi connectivity index (χ1n) is 8.25. The summed E-state index contributed by atoms with van der Waals surface area (Å²) in [5.41, 5.74) is 3.11. The fourth-order valence-electron chi connectivity index (χ4n) is 3.03. The van der Waals surface area contributed by atoms with Gasteiger partial charge in [-0.25, -0.2) is 14.4 Å². The van der Waals surface area contributed by atoms with Gasteiger partial charge >= 0.3 is 0 Å². The van der Waals surface area contributed by atoms with Crippen LogP contribution in [-0.4, -0.2) is 30.2 Å². The predicted octanol–water partition coefficient (Wildman–Crippen LogP) is 2.79. The molecule has 0 unspecified atom stereocenters. The molecule has 2 N–H and O–H groups in total. The predicted molar refractivity (Wildman–Crippen MR) is 92.0 cm³/mol. The molecule has 0 saturated carbocycles. The van der Waals surface area contributed by atoms with Crippen LogP contribution in [0.3, 0.4) is 0 Å². The zero-order valence-electron chi connectivity index (χ0n) is 14.3. The van der Waals surface area contributed by atoms with Gasteiger partial charge in [0.25, 0.3) is 0 Å². The molecule has 2 aromatic rings. The molecule has 1 aliphatic rings. The minimum absolute atomic E-state index is 0.0694. The number of fused-ring (bicyclic) bond motifs is 1. The van der Waals surface area contributed by atoms with E-state index in [4.69, 9.17) is 4.74 Å². The molecular weight excluding hydrogens is 307 g/mol. The Morgan fingerprint density at radius 1 is 1.25 bits per heavy atom. The van der Waals surface area contributed by atoms with Crippen LogP contribution in [0.1, 0.15) is 35.6 Å². The average molecular weight is 330 g/mol.